The van der Waals surface area contributed by atoms with Gasteiger partial charge in [0.1, 0.15) is 13.2 Å². The first kappa shape index (κ1) is 73.8. The summed E-state index contributed by atoms with van der Waals surface area (Å²) in [6.45, 7) is 6.48. The number of carbonyl (C=O) groups excluding carboxylic acids is 3. The topological polar surface area (TPSA) is 78.9 Å². The van der Waals surface area contributed by atoms with Crippen LogP contribution < -0.4 is 0 Å². The average Bonchev–Trinajstić information content (AvgIpc) is 3.43. The van der Waals surface area contributed by atoms with Crippen molar-refractivity contribution in [3.63, 3.8) is 0 Å². The number of hydrogen-bond donors (Lipinski definition) is 0. The van der Waals surface area contributed by atoms with Gasteiger partial charge in [0.15, 0.2) is 6.10 Å². The maximum Gasteiger partial charge on any atom is 0.309 e. The molecule has 0 N–H and O–H groups in total. The summed E-state index contributed by atoms with van der Waals surface area (Å²) in [4.78, 5) is 38.3. The first-order valence-corrected chi connectivity index (χ1v) is 33.4. The van der Waals surface area contributed by atoms with E-state index in [1.807, 2.05) is 6.08 Å². The summed E-state index contributed by atoms with van der Waals surface area (Å²) in [5, 5.41) is 0. The van der Waals surface area contributed by atoms with E-state index < -0.39 is 12.1 Å². The van der Waals surface area contributed by atoms with E-state index in [0.29, 0.717) is 12.8 Å². The molecule has 0 saturated heterocycles. The zero-order valence-electron chi connectivity index (χ0n) is 51.2. The molecule has 0 spiro atoms. The van der Waals surface area contributed by atoms with Crippen LogP contribution in [0.4, 0.5) is 0 Å². The van der Waals surface area contributed by atoms with Gasteiger partial charge in [-0.3, -0.25) is 14.4 Å². The van der Waals surface area contributed by atoms with Gasteiger partial charge < -0.3 is 14.2 Å². The van der Waals surface area contributed by atoms with Gasteiger partial charge in [-0.05, 0) is 70.6 Å². The SMILES string of the molecule is CC/C=C\C/C=C\C/C=C\C/C=C\C/C=C\CC(=O)OCC(COC(=O)CCCCCCCCCCCCCCCCCCCCCCCCCCCC)OC(=O)CCCCCCCCC/C=C\CCCCCCCCC. The molecule has 0 rings (SSSR count). The molecular weight excluding hydrogens is 949 g/mol. The molecule has 1 unspecified atom stereocenters. The first-order chi connectivity index (χ1) is 38.0. The molecule has 77 heavy (non-hydrogen) atoms. The molecule has 0 amide bonds. The molecule has 0 aliphatic carbocycles. The van der Waals surface area contributed by atoms with Crippen LogP contribution in [0.3, 0.4) is 0 Å². The highest BCUT2D eigenvalue weighted by molar-refractivity contribution is 5.72. The third-order valence-corrected chi connectivity index (χ3v) is 14.7. The quantitative estimate of drug-likeness (QED) is 0.0261. The first-order valence-electron chi connectivity index (χ1n) is 33.4. The number of ether oxygens (including phenoxy) is 3. The Morgan fingerprint density at radius 1 is 0.286 bits per heavy atom. The van der Waals surface area contributed by atoms with Crippen LogP contribution in [0.1, 0.15) is 342 Å². The molecule has 0 aliphatic heterocycles. The average molecular weight is 1080 g/mol. The summed E-state index contributed by atoms with van der Waals surface area (Å²) < 4.78 is 16.8. The van der Waals surface area contributed by atoms with Crippen LogP contribution in [0.15, 0.2) is 72.9 Å². The number of rotatable bonds is 61. The van der Waals surface area contributed by atoms with Crippen molar-refractivity contribution < 1.29 is 28.6 Å². The number of allylic oxidation sites excluding steroid dienone is 11. The van der Waals surface area contributed by atoms with Crippen molar-refractivity contribution in [2.24, 2.45) is 0 Å². The van der Waals surface area contributed by atoms with Crippen LogP contribution >= 0.6 is 0 Å². The molecule has 0 aliphatic rings. The summed E-state index contributed by atoms with van der Waals surface area (Å²) in [6, 6.07) is 0. The summed E-state index contributed by atoms with van der Waals surface area (Å²) >= 11 is 0. The van der Waals surface area contributed by atoms with Crippen LogP contribution in [0.25, 0.3) is 0 Å². The van der Waals surface area contributed by atoms with E-state index in [2.05, 4.69) is 81.5 Å². The van der Waals surface area contributed by atoms with E-state index in [4.69, 9.17) is 14.2 Å². The normalized spacial score (nSPS) is 12.5. The van der Waals surface area contributed by atoms with E-state index >= 15 is 0 Å². The second kappa shape index (κ2) is 65.4. The third-order valence-electron chi connectivity index (χ3n) is 14.7. The second-order valence-electron chi connectivity index (χ2n) is 22.4. The van der Waals surface area contributed by atoms with Gasteiger partial charge in [0.25, 0.3) is 0 Å². The minimum Gasteiger partial charge on any atom is -0.462 e. The molecule has 0 saturated carbocycles. The number of unbranched alkanes of at least 4 members (excludes halogenated alkanes) is 39. The van der Waals surface area contributed by atoms with Gasteiger partial charge in [-0.2, -0.15) is 0 Å². The van der Waals surface area contributed by atoms with Gasteiger partial charge in [0, 0.05) is 12.8 Å². The molecule has 0 bridgehead atoms. The van der Waals surface area contributed by atoms with Crippen molar-refractivity contribution in [1.29, 1.82) is 0 Å². The number of carbonyl (C=O) groups is 3. The molecule has 0 aromatic carbocycles. The van der Waals surface area contributed by atoms with Crippen molar-refractivity contribution in [2.45, 2.75) is 348 Å². The Morgan fingerprint density at radius 2 is 0.558 bits per heavy atom. The lowest BCUT2D eigenvalue weighted by Gasteiger charge is -2.18. The Balaban J connectivity index is 4.33. The zero-order chi connectivity index (χ0) is 55.7. The maximum atomic E-state index is 12.9. The number of hydrogen-bond acceptors (Lipinski definition) is 6. The Morgan fingerprint density at radius 3 is 0.896 bits per heavy atom. The van der Waals surface area contributed by atoms with Crippen LogP contribution in [0.5, 0.6) is 0 Å². The molecule has 0 radical (unpaired) electrons. The van der Waals surface area contributed by atoms with Crippen LogP contribution in [-0.4, -0.2) is 37.2 Å². The molecule has 6 nitrogen and oxygen atoms in total. The largest absolute Gasteiger partial charge is 0.462 e. The Labute approximate surface area is 478 Å². The van der Waals surface area contributed by atoms with E-state index in [0.717, 1.165) is 70.6 Å². The van der Waals surface area contributed by atoms with Crippen molar-refractivity contribution in [1.82, 2.24) is 0 Å². The fourth-order valence-corrected chi connectivity index (χ4v) is 9.75. The molecule has 6 heteroatoms. The van der Waals surface area contributed by atoms with Gasteiger partial charge in [-0.15, -0.1) is 0 Å². The molecule has 1 atom stereocenters. The van der Waals surface area contributed by atoms with Crippen molar-refractivity contribution in [3.8, 4) is 0 Å². The zero-order valence-corrected chi connectivity index (χ0v) is 51.2. The lowest BCUT2D eigenvalue weighted by atomic mass is 10.0. The molecule has 0 fully saturated rings. The van der Waals surface area contributed by atoms with Gasteiger partial charge in [-0.25, -0.2) is 0 Å². The molecule has 0 aromatic rings. The fourth-order valence-electron chi connectivity index (χ4n) is 9.75. The Kier molecular flexibility index (Phi) is 62.7. The predicted octanol–water partition coefficient (Wildman–Crippen LogP) is 22.9. The highest BCUT2D eigenvalue weighted by Crippen LogP contribution is 2.18. The summed E-state index contributed by atoms with van der Waals surface area (Å²) in [6.07, 6.45) is 85.3. The van der Waals surface area contributed by atoms with Gasteiger partial charge >= 0.3 is 17.9 Å². The van der Waals surface area contributed by atoms with Gasteiger partial charge in [-0.1, -0.05) is 325 Å². The Hall–Kier alpha value is -3.15. The maximum absolute atomic E-state index is 12.9. The molecular formula is C71H126O6. The van der Waals surface area contributed by atoms with E-state index in [9.17, 15) is 14.4 Å². The minimum atomic E-state index is -0.817. The lowest BCUT2D eigenvalue weighted by Crippen LogP contribution is -2.30. The van der Waals surface area contributed by atoms with E-state index in [1.165, 1.54) is 231 Å². The highest BCUT2D eigenvalue weighted by Gasteiger charge is 2.19. The van der Waals surface area contributed by atoms with Crippen LogP contribution in [0, 0.1) is 0 Å². The third kappa shape index (κ3) is 63.6. The van der Waals surface area contributed by atoms with Crippen LogP contribution in [-0.2, 0) is 28.6 Å². The lowest BCUT2D eigenvalue weighted by molar-refractivity contribution is -0.166. The minimum absolute atomic E-state index is 0.104. The summed E-state index contributed by atoms with van der Waals surface area (Å²) in [5.74, 6) is -1.03. The summed E-state index contributed by atoms with van der Waals surface area (Å²) in [7, 11) is 0. The van der Waals surface area contributed by atoms with Gasteiger partial charge in [0.05, 0.1) is 6.42 Å². The van der Waals surface area contributed by atoms with E-state index in [-0.39, 0.29) is 31.6 Å². The van der Waals surface area contributed by atoms with Crippen LogP contribution in [0.2, 0.25) is 0 Å². The standard InChI is InChI=1S/C71H126O6/c1-4-7-10-13-16-19-22-25-28-30-32-33-34-35-36-37-38-39-41-43-46-49-52-55-58-61-64-70(73)76-67-68(66-75-69(72)63-60-57-54-51-48-45-42-27-24-21-18-15-12-9-6-3)77-71(74)65-62-59-56-53-50-47-44-40-31-29-26-23-20-17-14-11-8-5-2/h9,12,18,21,27,29,31,42,48,51,57,60,68H,4-8,10-11,13-17,19-20,22-26,28,30,32-41,43-47,49-50,52-56,58-59,61-67H2,1-3H3/b12-9-,21-18-,31-29-,42-27-,51-48-,60-57-. The van der Waals surface area contributed by atoms with Crippen molar-refractivity contribution >= 4 is 17.9 Å². The van der Waals surface area contributed by atoms with Crippen molar-refractivity contribution in [2.75, 3.05) is 13.2 Å². The Bertz CT molecular complexity index is 1420. The number of esters is 3. The second-order valence-corrected chi connectivity index (χ2v) is 22.4. The molecule has 0 heterocycles. The molecule has 446 valence electrons. The fraction of sp³-hybridized carbons (Fsp3) is 0.789. The highest BCUT2D eigenvalue weighted by atomic mass is 16.6. The van der Waals surface area contributed by atoms with E-state index in [1.54, 1.807) is 6.08 Å². The van der Waals surface area contributed by atoms with Crippen molar-refractivity contribution in [3.05, 3.63) is 72.9 Å². The predicted molar refractivity (Wildman–Crippen MR) is 335 cm³/mol. The van der Waals surface area contributed by atoms with Gasteiger partial charge in [0.2, 0.25) is 0 Å². The molecule has 0 aromatic heterocycles. The smallest absolute Gasteiger partial charge is 0.309 e. The monoisotopic (exact) mass is 1070 g/mol. The summed E-state index contributed by atoms with van der Waals surface area (Å²) in [5.41, 5.74) is 0.